The molecule has 0 aliphatic heterocycles. The number of amides is 1. The number of sulfonamides is 1. The third-order valence-corrected chi connectivity index (χ3v) is 7.61. The van der Waals surface area contributed by atoms with Crippen LogP contribution < -0.4 is 14.9 Å². The van der Waals surface area contributed by atoms with Gasteiger partial charge in [-0.05, 0) is 59.2 Å². The van der Waals surface area contributed by atoms with E-state index in [1.54, 1.807) is 36.4 Å². The Kier molecular flexibility index (Phi) is 9.61. The normalized spacial score (nSPS) is 11.5. The minimum Gasteiger partial charge on any atom is -0.493 e. The molecule has 10 heteroatoms. The summed E-state index contributed by atoms with van der Waals surface area (Å²) in [5.74, 6) is -0.0471. The van der Waals surface area contributed by atoms with Gasteiger partial charge >= 0.3 is 0 Å². The smallest absolute Gasteiger partial charge is 0.255 e. The van der Waals surface area contributed by atoms with Gasteiger partial charge in [0, 0.05) is 6.54 Å². The molecule has 40 heavy (non-hydrogen) atoms. The molecular weight excluding hydrogens is 533 g/mol. The number of ether oxygens (including phenoxy) is 2. The number of halogens is 1. The Bertz CT molecular complexity index is 1550. The van der Waals surface area contributed by atoms with Gasteiger partial charge in [0.2, 0.25) is 10.0 Å². The largest absolute Gasteiger partial charge is 0.493 e. The maximum Gasteiger partial charge on any atom is 0.255 e. The number of rotatable bonds is 12. The van der Waals surface area contributed by atoms with Crippen LogP contribution in [0.1, 0.15) is 16.7 Å². The van der Waals surface area contributed by atoms with Gasteiger partial charge in [-0.3, -0.25) is 4.79 Å². The highest BCUT2D eigenvalue weighted by Gasteiger charge is 2.26. The Balaban J connectivity index is 1.42. The van der Waals surface area contributed by atoms with E-state index < -0.39 is 28.3 Å². The van der Waals surface area contributed by atoms with Crippen LogP contribution in [0.4, 0.5) is 4.39 Å². The van der Waals surface area contributed by atoms with Crippen LogP contribution >= 0.6 is 0 Å². The topological polar surface area (TPSA) is 97.3 Å². The van der Waals surface area contributed by atoms with E-state index in [-0.39, 0.29) is 11.4 Å². The van der Waals surface area contributed by atoms with E-state index in [9.17, 15) is 17.6 Å². The lowest BCUT2D eigenvalue weighted by Gasteiger charge is -2.21. The molecule has 0 saturated carbocycles. The molecule has 4 aromatic carbocycles. The fraction of sp³-hybridized carbons (Fsp3) is 0.133. The van der Waals surface area contributed by atoms with Crippen LogP contribution in [0, 0.1) is 5.82 Å². The summed E-state index contributed by atoms with van der Waals surface area (Å²) in [5.41, 5.74) is 4.54. The van der Waals surface area contributed by atoms with E-state index in [1.807, 2.05) is 30.3 Å². The van der Waals surface area contributed by atoms with Crippen molar-refractivity contribution in [2.24, 2.45) is 5.10 Å². The molecule has 0 atom stereocenters. The number of benzene rings is 4. The average Bonchev–Trinajstić information content (AvgIpc) is 2.98. The van der Waals surface area contributed by atoms with Gasteiger partial charge < -0.3 is 9.47 Å². The molecule has 0 aliphatic carbocycles. The Hall–Kier alpha value is -4.54. The van der Waals surface area contributed by atoms with E-state index >= 15 is 0 Å². The van der Waals surface area contributed by atoms with E-state index in [0.717, 1.165) is 9.87 Å². The molecule has 0 radical (unpaired) electrons. The number of carbonyl (C=O) groups is 1. The lowest BCUT2D eigenvalue weighted by atomic mass is 10.2. The molecule has 206 valence electrons. The zero-order valence-corrected chi connectivity index (χ0v) is 22.6. The molecule has 4 rings (SSSR count). The van der Waals surface area contributed by atoms with Crippen molar-refractivity contribution in [1.82, 2.24) is 9.73 Å². The summed E-state index contributed by atoms with van der Waals surface area (Å²) >= 11 is 0. The van der Waals surface area contributed by atoms with Crippen LogP contribution in [0.5, 0.6) is 11.5 Å². The molecule has 0 spiro atoms. The first-order valence-corrected chi connectivity index (χ1v) is 13.8. The summed E-state index contributed by atoms with van der Waals surface area (Å²) in [6.45, 7) is -0.251. The highest BCUT2D eigenvalue weighted by atomic mass is 32.2. The number of nitrogens with one attached hydrogen (secondary N) is 1. The lowest BCUT2D eigenvalue weighted by molar-refractivity contribution is -0.121. The Morgan fingerprint density at radius 3 is 2.25 bits per heavy atom. The van der Waals surface area contributed by atoms with E-state index in [1.165, 1.54) is 49.7 Å². The monoisotopic (exact) mass is 561 g/mol. The number of hydrogen-bond acceptors (Lipinski definition) is 6. The number of nitrogens with zero attached hydrogens (tertiary/aromatic N) is 2. The molecule has 0 fully saturated rings. The fourth-order valence-corrected chi connectivity index (χ4v) is 5.16. The van der Waals surface area contributed by atoms with Gasteiger partial charge in [0.1, 0.15) is 12.4 Å². The first-order valence-electron chi connectivity index (χ1n) is 12.3. The standard InChI is InChI=1S/C30H28FN3O5S/c1-38-29-18-25(14-17-28(29)39-22-24-8-4-2-5-9-24)19-32-33-30(35)21-34(20-23-12-15-26(31)16-13-23)40(36,37)27-10-6-3-7-11-27/h2-19H,20-22H2,1H3,(H,33,35)/b32-19-. The van der Waals surface area contributed by atoms with Crippen LogP contribution in [-0.2, 0) is 28.0 Å². The third-order valence-electron chi connectivity index (χ3n) is 5.80. The second-order valence-electron chi connectivity index (χ2n) is 8.69. The van der Waals surface area contributed by atoms with Crippen molar-refractivity contribution in [3.8, 4) is 11.5 Å². The number of hydrazone groups is 1. The molecule has 1 N–H and O–H groups in total. The van der Waals surface area contributed by atoms with Gasteiger partial charge in [-0.15, -0.1) is 0 Å². The summed E-state index contributed by atoms with van der Waals surface area (Å²) in [4.78, 5) is 12.8. The number of methoxy groups -OCH3 is 1. The van der Waals surface area contributed by atoms with Crippen molar-refractivity contribution in [3.63, 3.8) is 0 Å². The zero-order valence-electron chi connectivity index (χ0n) is 21.7. The summed E-state index contributed by atoms with van der Waals surface area (Å²) < 4.78 is 52.2. The second-order valence-corrected chi connectivity index (χ2v) is 10.6. The van der Waals surface area contributed by atoms with Crippen molar-refractivity contribution in [2.75, 3.05) is 13.7 Å². The quantitative estimate of drug-likeness (QED) is 0.199. The molecule has 4 aromatic rings. The van der Waals surface area contributed by atoms with E-state index in [2.05, 4.69) is 10.5 Å². The maximum atomic E-state index is 13.4. The fourth-order valence-electron chi connectivity index (χ4n) is 3.75. The van der Waals surface area contributed by atoms with Crippen LogP contribution in [0.25, 0.3) is 0 Å². The van der Waals surface area contributed by atoms with Crippen LogP contribution in [0.3, 0.4) is 0 Å². The predicted molar refractivity (Wildman–Crippen MR) is 150 cm³/mol. The number of hydrogen-bond donors (Lipinski definition) is 1. The van der Waals surface area contributed by atoms with Gasteiger partial charge in [-0.25, -0.2) is 18.2 Å². The molecule has 0 saturated heterocycles. The maximum absolute atomic E-state index is 13.4. The molecule has 1 amide bonds. The van der Waals surface area contributed by atoms with Crippen LogP contribution in [0.2, 0.25) is 0 Å². The molecule has 0 unspecified atom stereocenters. The van der Waals surface area contributed by atoms with E-state index in [4.69, 9.17) is 9.47 Å². The average molecular weight is 562 g/mol. The Labute approximate surface area is 232 Å². The summed E-state index contributed by atoms with van der Waals surface area (Å²) in [5, 5.41) is 3.97. The lowest BCUT2D eigenvalue weighted by Crippen LogP contribution is -2.39. The van der Waals surface area contributed by atoms with Crippen molar-refractivity contribution in [2.45, 2.75) is 18.0 Å². The summed E-state index contributed by atoms with van der Waals surface area (Å²) in [6.07, 6.45) is 1.41. The van der Waals surface area contributed by atoms with Crippen molar-refractivity contribution in [1.29, 1.82) is 0 Å². The second kappa shape index (κ2) is 13.5. The highest BCUT2D eigenvalue weighted by molar-refractivity contribution is 7.89. The third kappa shape index (κ3) is 7.75. The van der Waals surface area contributed by atoms with Crippen molar-refractivity contribution >= 4 is 22.1 Å². The van der Waals surface area contributed by atoms with E-state index in [0.29, 0.717) is 29.2 Å². The SMILES string of the molecule is COc1cc(/C=N\NC(=O)CN(Cc2ccc(F)cc2)S(=O)(=O)c2ccccc2)ccc1OCc1ccccc1. The predicted octanol–water partition coefficient (Wildman–Crippen LogP) is 4.75. The number of carbonyl (C=O) groups excluding carboxylic acids is 1. The van der Waals surface area contributed by atoms with Gasteiger partial charge in [0.15, 0.2) is 11.5 Å². The molecule has 8 nitrogen and oxygen atoms in total. The molecule has 0 aliphatic rings. The first-order chi connectivity index (χ1) is 19.3. The van der Waals surface area contributed by atoms with Crippen LogP contribution in [-0.4, -0.2) is 38.5 Å². The first kappa shape index (κ1) is 28.5. The summed E-state index contributed by atoms with van der Waals surface area (Å²) in [7, 11) is -2.50. The molecular formula is C30H28FN3O5S. The summed E-state index contributed by atoms with van der Waals surface area (Å²) in [6, 6.07) is 28.1. The molecule has 0 aromatic heterocycles. The molecule has 0 heterocycles. The van der Waals surface area contributed by atoms with Gasteiger partial charge in [0.05, 0.1) is 24.8 Å². The Morgan fingerprint density at radius 1 is 0.900 bits per heavy atom. The zero-order chi connectivity index (χ0) is 28.4. The minimum atomic E-state index is -4.02. The van der Waals surface area contributed by atoms with Crippen LogP contribution in [0.15, 0.2) is 113 Å². The van der Waals surface area contributed by atoms with Gasteiger partial charge in [-0.2, -0.15) is 9.41 Å². The van der Waals surface area contributed by atoms with Crippen molar-refractivity contribution in [3.05, 3.63) is 126 Å². The van der Waals surface area contributed by atoms with Gasteiger partial charge in [-0.1, -0.05) is 60.7 Å². The van der Waals surface area contributed by atoms with Crippen molar-refractivity contribution < 1.29 is 27.1 Å². The van der Waals surface area contributed by atoms with Gasteiger partial charge in [0.25, 0.3) is 5.91 Å². The minimum absolute atomic E-state index is 0.0371. The Morgan fingerprint density at radius 2 is 1.57 bits per heavy atom. The molecule has 0 bridgehead atoms. The highest BCUT2D eigenvalue weighted by Crippen LogP contribution is 2.28.